The molecule has 4 N–H and O–H groups in total. The third-order valence-electron chi connectivity index (χ3n) is 8.92. The van der Waals surface area contributed by atoms with E-state index in [9.17, 15) is 37.8 Å². The minimum Gasteiger partial charge on any atom is -0.490 e. The maximum Gasteiger partial charge on any atom is 0.416 e. The monoisotopic (exact) mass is 728 g/mol. The SMILES string of the molecule is C[C@@H]1CCCCO[C@H](CN(C)Cc2ccc(C(=O)O)cc2)[C@H](C)CN([C@H](C)CO)C(=O)c2cc(NC(=O)Nc3ccc(C(F)(F)F)cc3)ccc2O1. The highest BCUT2D eigenvalue weighted by Gasteiger charge is 2.31. The van der Waals surface area contributed by atoms with Crippen molar-refractivity contribution in [2.24, 2.45) is 5.92 Å². The van der Waals surface area contributed by atoms with E-state index in [0.717, 1.165) is 42.7 Å². The Kier molecular flexibility index (Phi) is 14.0. The predicted octanol–water partition coefficient (Wildman–Crippen LogP) is 6.98. The molecule has 1 aliphatic heterocycles. The number of hydrogen-bond donors (Lipinski definition) is 4. The van der Waals surface area contributed by atoms with Gasteiger partial charge in [0.05, 0.1) is 41.5 Å². The van der Waals surface area contributed by atoms with Gasteiger partial charge in [-0.3, -0.25) is 9.69 Å². The Bertz CT molecular complexity index is 1650. The normalized spacial score (nSPS) is 19.6. The van der Waals surface area contributed by atoms with E-state index in [1.54, 1.807) is 48.2 Å². The zero-order valence-electron chi connectivity index (χ0n) is 29.8. The van der Waals surface area contributed by atoms with E-state index in [2.05, 4.69) is 15.5 Å². The fourth-order valence-corrected chi connectivity index (χ4v) is 5.94. The van der Waals surface area contributed by atoms with Crippen molar-refractivity contribution in [3.63, 3.8) is 0 Å². The number of nitrogens with zero attached hydrogens (tertiary/aromatic N) is 2. The number of benzene rings is 3. The van der Waals surface area contributed by atoms with Gasteiger partial charge in [0.2, 0.25) is 0 Å². The van der Waals surface area contributed by atoms with Gasteiger partial charge in [0.25, 0.3) is 5.91 Å². The van der Waals surface area contributed by atoms with Crippen molar-refractivity contribution in [3.8, 4) is 5.75 Å². The van der Waals surface area contributed by atoms with Crippen molar-refractivity contribution in [1.29, 1.82) is 0 Å². The number of halogens is 3. The first-order valence-electron chi connectivity index (χ1n) is 17.2. The number of carboxylic acids is 1. The zero-order chi connectivity index (χ0) is 38.0. The van der Waals surface area contributed by atoms with Gasteiger partial charge in [0.1, 0.15) is 5.75 Å². The van der Waals surface area contributed by atoms with Crippen LogP contribution >= 0.6 is 0 Å². The van der Waals surface area contributed by atoms with Crippen molar-refractivity contribution >= 4 is 29.3 Å². The minimum atomic E-state index is -4.51. The summed E-state index contributed by atoms with van der Waals surface area (Å²) in [5, 5.41) is 24.6. The molecule has 11 nitrogen and oxygen atoms in total. The smallest absolute Gasteiger partial charge is 0.416 e. The third kappa shape index (κ3) is 11.4. The standard InChI is InChI=1S/C38H47F3N4O7/c1-24-20-45(25(2)23-46)35(47)32-19-31(43-37(50)42-30-14-12-29(13-15-30)38(39,40)41)16-17-33(32)52-26(3)7-5-6-18-51-34(24)22-44(4)21-27-8-10-28(11-9-27)36(48)49/h8-17,19,24-26,34,46H,5-7,18,20-23H2,1-4H3,(H,48,49)(H2,42,43,50)/t24-,25-,26-,34-/m1/s1. The van der Waals surface area contributed by atoms with E-state index in [1.807, 2.05) is 20.9 Å². The van der Waals surface area contributed by atoms with Gasteiger partial charge < -0.3 is 35.2 Å². The van der Waals surface area contributed by atoms with Crippen molar-refractivity contribution in [3.05, 3.63) is 89.0 Å². The predicted molar refractivity (Wildman–Crippen MR) is 191 cm³/mol. The van der Waals surface area contributed by atoms with E-state index in [1.165, 1.54) is 6.07 Å². The Morgan fingerprint density at radius 3 is 2.29 bits per heavy atom. The van der Waals surface area contributed by atoms with Crippen molar-refractivity contribution < 1.29 is 47.2 Å². The molecule has 1 heterocycles. The van der Waals surface area contributed by atoms with Crippen LogP contribution in [0.5, 0.6) is 5.75 Å². The number of aromatic carboxylic acids is 1. The Labute approximate surface area is 301 Å². The molecule has 4 rings (SSSR count). The van der Waals surface area contributed by atoms with Gasteiger partial charge in [-0.05, 0) is 100 Å². The number of nitrogens with one attached hydrogen (secondary N) is 2. The maximum atomic E-state index is 14.4. The van der Waals surface area contributed by atoms with Crippen LogP contribution in [-0.4, -0.2) is 89.5 Å². The summed E-state index contributed by atoms with van der Waals surface area (Å²) in [5.41, 5.74) is 0.869. The van der Waals surface area contributed by atoms with Crippen LogP contribution in [0.2, 0.25) is 0 Å². The average Bonchev–Trinajstić information content (AvgIpc) is 3.09. The molecule has 0 saturated heterocycles. The molecule has 4 atom stereocenters. The number of amides is 3. The van der Waals surface area contributed by atoms with Gasteiger partial charge in [-0.2, -0.15) is 13.2 Å². The highest BCUT2D eigenvalue weighted by Crippen LogP contribution is 2.31. The van der Waals surface area contributed by atoms with Gasteiger partial charge in [-0.15, -0.1) is 0 Å². The first-order valence-corrected chi connectivity index (χ1v) is 17.2. The molecule has 282 valence electrons. The number of alkyl halides is 3. The second-order valence-corrected chi connectivity index (χ2v) is 13.4. The molecule has 3 aromatic rings. The molecular weight excluding hydrogens is 681 g/mol. The molecule has 0 unspecified atom stereocenters. The number of carbonyl (C=O) groups excluding carboxylic acids is 2. The molecule has 0 bridgehead atoms. The van der Waals surface area contributed by atoms with E-state index < -0.39 is 35.7 Å². The quantitative estimate of drug-likeness (QED) is 0.185. The minimum absolute atomic E-state index is 0.146. The summed E-state index contributed by atoms with van der Waals surface area (Å²) in [6, 6.07) is 14.1. The van der Waals surface area contributed by atoms with Gasteiger partial charge >= 0.3 is 18.2 Å². The Balaban J connectivity index is 1.55. The molecular formula is C38H47F3N4O7. The second kappa shape index (κ2) is 18.2. The summed E-state index contributed by atoms with van der Waals surface area (Å²) in [6.45, 7) is 7.12. The lowest BCUT2D eigenvalue weighted by Gasteiger charge is -2.36. The molecule has 3 amide bonds. The second-order valence-electron chi connectivity index (χ2n) is 13.4. The Morgan fingerprint density at radius 1 is 1.00 bits per heavy atom. The van der Waals surface area contributed by atoms with E-state index >= 15 is 0 Å². The van der Waals surface area contributed by atoms with Crippen molar-refractivity contribution in [1.82, 2.24) is 9.80 Å². The lowest BCUT2D eigenvalue weighted by Crippen LogP contribution is -2.47. The zero-order valence-corrected chi connectivity index (χ0v) is 29.8. The number of ether oxygens (including phenoxy) is 2. The number of carbonyl (C=O) groups is 3. The summed E-state index contributed by atoms with van der Waals surface area (Å²) in [4.78, 5) is 42.1. The summed E-state index contributed by atoms with van der Waals surface area (Å²) in [5.74, 6) is -1.29. The van der Waals surface area contributed by atoms with Crippen molar-refractivity contribution in [2.75, 3.05) is 44.0 Å². The number of carboxylic acid groups (broad SMARTS) is 1. The number of rotatable bonds is 9. The third-order valence-corrected chi connectivity index (χ3v) is 8.92. The topological polar surface area (TPSA) is 141 Å². The van der Waals surface area contributed by atoms with Crippen LogP contribution in [-0.2, 0) is 17.5 Å². The van der Waals surface area contributed by atoms with Crippen LogP contribution in [0.25, 0.3) is 0 Å². The highest BCUT2D eigenvalue weighted by molar-refractivity contribution is 6.02. The Morgan fingerprint density at radius 2 is 1.65 bits per heavy atom. The van der Waals surface area contributed by atoms with Gasteiger partial charge in [0, 0.05) is 43.5 Å². The summed E-state index contributed by atoms with van der Waals surface area (Å²) in [6.07, 6.45) is -2.76. The van der Waals surface area contributed by atoms with Gasteiger partial charge in [-0.25, -0.2) is 9.59 Å². The molecule has 0 saturated carbocycles. The molecule has 3 aromatic carbocycles. The van der Waals surface area contributed by atoms with E-state index in [0.29, 0.717) is 31.9 Å². The molecule has 1 aliphatic rings. The maximum absolute atomic E-state index is 14.4. The molecule has 14 heteroatoms. The number of fused-ring (bicyclic) bond motifs is 1. The van der Waals surface area contributed by atoms with Crippen LogP contribution in [0.3, 0.4) is 0 Å². The Hall–Kier alpha value is -4.66. The number of anilines is 2. The fourth-order valence-electron chi connectivity index (χ4n) is 5.94. The first-order chi connectivity index (χ1) is 24.6. The largest absolute Gasteiger partial charge is 0.490 e. The lowest BCUT2D eigenvalue weighted by molar-refractivity contribution is -0.137. The summed E-state index contributed by atoms with van der Waals surface area (Å²) < 4.78 is 51.5. The molecule has 0 aliphatic carbocycles. The molecule has 0 spiro atoms. The molecule has 0 radical (unpaired) electrons. The molecule has 0 aromatic heterocycles. The van der Waals surface area contributed by atoms with Gasteiger partial charge in [-0.1, -0.05) is 19.1 Å². The van der Waals surface area contributed by atoms with E-state index in [-0.39, 0.29) is 53.8 Å². The summed E-state index contributed by atoms with van der Waals surface area (Å²) >= 11 is 0. The lowest BCUT2D eigenvalue weighted by atomic mass is 10.0. The van der Waals surface area contributed by atoms with Crippen molar-refractivity contribution in [2.45, 2.75) is 71.0 Å². The fraction of sp³-hybridized carbons (Fsp3) is 0.447. The molecule has 52 heavy (non-hydrogen) atoms. The number of likely N-dealkylation sites (N-methyl/N-ethyl adjacent to an activating group) is 1. The average molecular weight is 729 g/mol. The number of aliphatic hydroxyl groups is 1. The molecule has 0 fully saturated rings. The number of urea groups is 1. The van der Waals surface area contributed by atoms with Crippen LogP contribution in [0.15, 0.2) is 66.7 Å². The summed E-state index contributed by atoms with van der Waals surface area (Å²) in [7, 11) is 1.95. The highest BCUT2D eigenvalue weighted by atomic mass is 19.4. The van der Waals surface area contributed by atoms with Crippen LogP contribution < -0.4 is 15.4 Å². The van der Waals surface area contributed by atoms with E-state index in [4.69, 9.17) is 9.47 Å². The number of hydrogen-bond acceptors (Lipinski definition) is 7. The first kappa shape index (κ1) is 40.1. The van der Waals surface area contributed by atoms with Crippen LogP contribution in [0.1, 0.15) is 71.9 Å². The van der Waals surface area contributed by atoms with Crippen LogP contribution in [0, 0.1) is 5.92 Å². The van der Waals surface area contributed by atoms with Crippen LogP contribution in [0.4, 0.5) is 29.3 Å². The van der Waals surface area contributed by atoms with Gasteiger partial charge in [0.15, 0.2) is 0 Å². The number of aliphatic hydroxyl groups excluding tert-OH is 1.